The second-order valence-electron chi connectivity index (χ2n) is 3.68. The highest BCUT2D eigenvalue weighted by molar-refractivity contribution is 5.87. The number of Topliss-reactive ketones (excluding diaryl/α,β-unsaturated/α-hetero) is 1. The fraction of sp³-hybridized carbons (Fsp3) is 0.750. The fourth-order valence-electron chi connectivity index (χ4n) is 1.81. The second kappa shape index (κ2) is 3.37. The van der Waals surface area contributed by atoms with Gasteiger partial charge in [0.25, 0.3) is 0 Å². The van der Waals surface area contributed by atoms with Crippen molar-refractivity contribution in [2.24, 2.45) is 11.3 Å². The van der Waals surface area contributed by atoms with Gasteiger partial charge in [0.15, 0.2) is 5.92 Å². The van der Waals surface area contributed by atoms with Gasteiger partial charge in [0.1, 0.15) is 5.78 Å². The van der Waals surface area contributed by atoms with Crippen molar-refractivity contribution < 1.29 is 31.1 Å². The maximum atomic E-state index is 12.3. The van der Waals surface area contributed by atoms with Crippen molar-refractivity contribution >= 4 is 5.78 Å². The Labute approximate surface area is 85.8 Å². The summed E-state index contributed by atoms with van der Waals surface area (Å²) in [7, 11) is 0. The van der Waals surface area contributed by atoms with Crippen LogP contribution in [0.1, 0.15) is 12.8 Å². The van der Waals surface area contributed by atoms with Crippen LogP contribution >= 0.6 is 0 Å². The Morgan fingerprint density at radius 1 is 1.12 bits per heavy atom. The number of alkyl halides is 6. The zero-order chi connectivity index (χ0) is 12.8. The van der Waals surface area contributed by atoms with Crippen molar-refractivity contribution in [1.29, 1.82) is 5.26 Å². The average molecular weight is 245 g/mol. The van der Waals surface area contributed by atoms with Crippen molar-refractivity contribution in [3.63, 3.8) is 0 Å². The molecule has 0 aromatic heterocycles. The Morgan fingerprint density at radius 3 is 1.69 bits per heavy atom. The highest BCUT2D eigenvalue weighted by atomic mass is 19.4. The molecule has 1 aliphatic carbocycles. The molecular weight excluding hydrogens is 240 g/mol. The first-order chi connectivity index (χ1) is 7.03. The smallest absolute Gasteiger partial charge is 0.300 e. The molecule has 0 unspecified atom stereocenters. The van der Waals surface area contributed by atoms with E-state index in [0.29, 0.717) is 0 Å². The van der Waals surface area contributed by atoms with E-state index >= 15 is 0 Å². The van der Waals surface area contributed by atoms with Crippen molar-refractivity contribution in [1.82, 2.24) is 0 Å². The summed E-state index contributed by atoms with van der Waals surface area (Å²) in [6, 6.07) is 0.998. The summed E-state index contributed by atoms with van der Waals surface area (Å²) in [6.07, 6.45) is -13.1. The molecule has 0 atom stereocenters. The van der Waals surface area contributed by atoms with Crippen LogP contribution in [0, 0.1) is 22.7 Å². The monoisotopic (exact) mass is 245 g/mol. The van der Waals surface area contributed by atoms with Crippen LogP contribution in [0.4, 0.5) is 26.3 Å². The van der Waals surface area contributed by atoms with Crippen LogP contribution in [0.5, 0.6) is 0 Å². The van der Waals surface area contributed by atoms with E-state index in [1.165, 1.54) is 0 Å². The molecule has 1 aliphatic rings. The minimum atomic E-state index is -5.57. The SMILES string of the molecule is N#CC1(C(C(F)(F)F)C(F)(F)F)CC(=O)C1. The maximum absolute atomic E-state index is 12.3. The predicted molar refractivity (Wildman–Crippen MR) is 37.9 cm³/mol. The van der Waals surface area contributed by atoms with Crippen LogP contribution in [0.2, 0.25) is 0 Å². The lowest BCUT2D eigenvalue weighted by Gasteiger charge is -2.41. The largest absolute Gasteiger partial charge is 0.402 e. The van der Waals surface area contributed by atoms with Crippen LogP contribution in [-0.4, -0.2) is 18.1 Å². The van der Waals surface area contributed by atoms with Crippen LogP contribution in [0.3, 0.4) is 0 Å². The molecule has 1 rings (SSSR count). The number of hydrogen-bond donors (Lipinski definition) is 0. The predicted octanol–water partition coefficient (Wildman–Crippen LogP) is 2.60. The van der Waals surface area contributed by atoms with Gasteiger partial charge in [-0.1, -0.05) is 0 Å². The summed E-state index contributed by atoms with van der Waals surface area (Å²) in [5, 5.41) is 8.45. The summed E-state index contributed by atoms with van der Waals surface area (Å²) in [5.41, 5.74) is -2.67. The minimum absolute atomic E-state index is 0.764. The third-order valence-corrected chi connectivity index (χ3v) is 2.46. The number of nitrogens with zero attached hydrogens (tertiary/aromatic N) is 1. The zero-order valence-electron chi connectivity index (χ0n) is 7.61. The van der Waals surface area contributed by atoms with Crippen molar-refractivity contribution in [3.05, 3.63) is 0 Å². The number of ketones is 1. The first kappa shape index (κ1) is 12.8. The summed E-state index contributed by atoms with van der Waals surface area (Å²) in [5.74, 6) is -4.52. The van der Waals surface area contributed by atoms with Gasteiger partial charge < -0.3 is 0 Å². The summed E-state index contributed by atoms with van der Waals surface area (Å²) in [6.45, 7) is 0. The van der Waals surface area contributed by atoms with E-state index in [-0.39, 0.29) is 0 Å². The highest BCUT2D eigenvalue weighted by Crippen LogP contribution is 2.56. The van der Waals surface area contributed by atoms with Gasteiger partial charge in [-0.05, 0) is 0 Å². The minimum Gasteiger partial charge on any atom is -0.300 e. The average Bonchev–Trinajstić information content (AvgIpc) is 1.94. The molecule has 0 bridgehead atoms. The maximum Gasteiger partial charge on any atom is 0.402 e. The van der Waals surface area contributed by atoms with E-state index < -0.39 is 42.3 Å². The van der Waals surface area contributed by atoms with Crippen LogP contribution < -0.4 is 0 Å². The summed E-state index contributed by atoms with van der Waals surface area (Å²) in [4.78, 5) is 10.5. The van der Waals surface area contributed by atoms with E-state index in [1.807, 2.05) is 0 Å². The Balaban J connectivity index is 3.13. The molecule has 1 saturated carbocycles. The van der Waals surface area contributed by atoms with Crippen LogP contribution in [-0.2, 0) is 4.79 Å². The normalized spacial score (nSPS) is 20.5. The molecular formula is C8H5F6NO. The molecule has 8 heteroatoms. The van der Waals surface area contributed by atoms with E-state index in [2.05, 4.69) is 0 Å². The van der Waals surface area contributed by atoms with Crippen molar-refractivity contribution in [3.8, 4) is 6.07 Å². The zero-order valence-corrected chi connectivity index (χ0v) is 7.61. The van der Waals surface area contributed by atoms with Gasteiger partial charge in [-0.25, -0.2) is 0 Å². The van der Waals surface area contributed by atoms with Crippen LogP contribution in [0.25, 0.3) is 0 Å². The van der Waals surface area contributed by atoms with E-state index in [0.717, 1.165) is 6.07 Å². The Bertz CT molecular complexity index is 327. The molecule has 0 radical (unpaired) electrons. The molecule has 0 aromatic carbocycles. The standard InChI is InChI=1S/C8H5F6NO/c9-7(10,11)5(8(12,13)14)6(3-15)1-4(16)2-6/h5H,1-2H2. The molecule has 90 valence electrons. The quantitative estimate of drug-likeness (QED) is 0.666. The van der Waals surface area contributed by atoms with Gasteiger partial charge in [-0.3, -0.25) is 4.79 Å². The third kappa shape index (κ3) is 1.99. The fourth-order valence-corrected chi connectivity index (χ4v) is 1.81. The van der Waals surface area contributed by atoms with Crippen LogP contribution in [0.15, 0.2) is 0 Å². The van der Waals surface area contributed by atoms with Gasteiger partial charge in [-0.15, -0.1) is 0 Å². The molecule has 0 aromatic rings. The number of carbonyl (C=O) groups excluding carboxylic acids is 1. The molecule has 0 aliphatic heterocycles. The van der Waals surface area contributed by atoms with Crippen molar-refractivity contribution in [2.75, 3.05) is 0 Å². The summed E-state index contributed by atoms with van der Waals surface area (Å²) >= 11 is 0. The second-order valence-corrected chi connectivity index (χ2v) is 3.68. The Kier molecular flexibility index (Phi) is 2.69. The van der Waals surface area contributed by atoms with E-state index in [4.69, 9.17) is 5.26 Å². The van der Waals surface area contributed by atoms with E-state index in [9.17, 15) is 31.1 Å². The van der Waals surface area contributed by atoms with Gasteiger partial charge in [0, 0.05) is 12.8 Å². The number of hydrogen-bond acceptors (Lipinski definition) is 2. The number of halogens is 6. The molecule has 0 spiro atoms. The molecule has 2 nitrogen and oxygen atoms in total. The number of nitriles is 1. The first-order valence-corrected chi connectivity index (χ1v) is 4.09. The Hall–Kier alpha value is -1.26. The molecule has 0 saturated heterocycles. The lowest BCUT2D eigenvalue weighted by Crippen LogP contribution is -2.54. The van der Waals surface area contributed by atoms with Gasteiger partial charge in [0.05, 0.1) is 11.5 Å². The first-order valence-electron chi connectivity index (χ1n) is 4.09. The number of carbonyl (C=O) groups is 1. The molecule has 0 amide bonds. The third-order valence-electron chi connectivity index (χ3n) is 2.46. The highest BCUT2D eigenvalue weighted by Gasteiger charge is 2.70. The molecule has 0 heterocycles. The van der Waals surface area contributed by atoms with E-state index in [1.54, 1.807) is 0 Å². The van der Waals surface area contributed by atoms with Crippen molar-refractivity contribution in [2.45, 2.75) is 25.2 Å². The van der Waals surface area contributed by atoms with Gasteiger partial charge in [0.2, 0.25) is 0 Å². The topological polar surface area (TPSA) is 40.9 Å². The number of rotatable bonds is 1. The lowest BCUT2D eigenvalue weighted by atomic mass is 9.60. The molecule has 16 heavy (non-hydrogen) atoms. The lowest BCUT2D eigenvalue weighted by molar-refractivity contribution is -0.312. The molecule has 0 N–H and O–H groups in total. The summed E-state index contributed by atoms with van der Waals surface area (Å²) < 4.78 is 73.6. The van der Waals surface area contributed by atoms with Gasteiger partial charge in [-0.2, -0.15) is 31.6 Å². The van der Waals surface area contributed by atoms with Gasteiger partial charge >= 0.3 is 12.4 Å². The molecule has 1 fully saturated rings. The Morgan fingerprint density at radius 2 is 1.50 bits per heavy atom.